The summed E-state index contributed by atoms with van der Waals surface area (Å²) in [6.45, 7) is 18.6. The molecule has 0 radical (unpaired) electrons. The Hall–Kier alpha value is -4.32. The number of aromatic hydroxyl groups is 1. The SMILES string of the molecule is CC(C)(C)c1ccc2c(c1)C(=O)C(c1ccc3cccc(NC(=O)CCc4cc(C(C)(C)C)c(O)c(C(C)(C)C)c4)c3n1)C2=O. The van der Waals surface area contributed by atoms with E-state index < -0.39 is 5.92 Å². The van der Waals surface area contributed by atoms with E-state index in [9.17, 15) is 19.5 Å². The number of carbonyl (C=O) groups is 3. The van der Waals surface area contributed by atoms with E-state index >= 15 is 0 Å². The summed E-state index contributed by atoms with van der Waals surface area (Å²) in [6, 6.07) is 18.6. The molecule has 3 aromatic carbocycles. The van der Waals surface area contributed by atoms with Gasteiger partial charge in [0, 0.05) is 22.9 Å². The van der Waals surface area contributed by atoms with E-state index in [-0.39, 0.29) is 40.1 Å². The zero-order chi connectivity index (χ0) is 33.1. The van der Waals surface area contributed by atoms with Crippen molar-refractivity contribution in [3.05, 3.63) is 99.7 Å². The van der Waals surface area contributed by atoms with Crippen molar-refractivity contribution in [1.29, 1.82) is 0 Å². The Morgan fingerprint density at radius 3 is 2.00 bits per heavy atom. The highest BCUT2D eigenvalue weighted by Crippen LogP contribution is 2.40. The Balaban J connectivity index is 1.40. The fraction of sp³-hybridized carbons (Fsp3) is 0.385. The third kappa shape index (κ3) is 6.28. The summed E-state index contributed by atoms with van der Waals surface area (Å²) < 4.78 is 0. The summed E-state index contributed by atoms with van der Waals surface area (Å²) in [4.78, 5) is 45.0. The molecule has 234 valence electrons. The molecule has 6 heteroatoms. The van der Waals surface area contributed by atoms with Crippen molar-refractivity contribution in [3.63, 3.8) is 0 Å². The third-order valence-electron chi connectivity index (χ3n) is 8.68. The molecule has 0 spiro atoms. The molecule has 1 atom stereocenters. The molecule has 4 aromatic rings. The standard InChI is InChI=1S/C39H44N2O4/c1-37(2,3)24-15-16-25-26(21-24)35(44)32(34(25)43)29-17-14-23-11-10-12-30(33(23)41-29)40-31(42)18-13-22-19-27(38(4,5)6)36(45)28(20-22)39(7,8)9/h10-12,14-17,19-21,32,45H,13,18H2,1-9H3,(H,40,42). The van der Waals surface area contributed by atoms with Crippen LogP contribution in [0.2, 0.25) is 0 Å². The maximum Gasteiger partial charge on any atom is 0.224 e. The number of para-hydroxylation sites is 1. The van der Waals surface area contributed by atoms with Gasteiger partial charge in [-0.05, 0) is 63.1 Å². The van der Waals surface area contributed by atoms with Gasteiger partial charge in [0.25, 0.3) is 0 Å². The van der Waals surface area contributed by atoms with Gasteiger partial charge in [-0.3, -0.25) is 14.4 Å². The molecule has 1 unspecified atom stereocenters. The van der Waals surface area contributed by atoms with Crippen LogP contribution in [0.1, 0.15) is 123 Å². The molecule has 0 saturated heterocycles. The Morgan fingerprint density at radius 1 is 0.778 bits per heavy atom. The number of aromatic nitrogens is 1. The molecule has 0 saturated carbocycles. The maximum atomic E-state index is 13.6. The number of Topliss-reactive ketones (excluding diaryl/α,β-unsaturated/α-hetero) is 2. The number of phenols is 1. The van der Waals surface area contributed by atoms with Gasteiger partial charge in [0.1, 0.15) is 11.7 Å². The molecule has 1 aliphatic rings. The number of phenolic OH excluding ortho intramolecular Hbond substituents is 1. The smallest absolute Gasteiger partial charge is 0.224 e. The number of anilines is 1. The van der Waals surface area contributed by atoms with E-state index in [0.717, 1.165) is 27.6 Å². The van der Waals surface area contributed by atoms with Crippen molar-refractivity contribution >= 4 is 34.1 Å². The molecular formula is C39H44N2O4. The van der Waals surface area contributed by atoms with Gasteiger partial charge in [-0.1, -0.05) is 105 Å². The zero-order valence-corrected chi connectivity index (χ0v) is 27.9. The lowest BCUT2D eigenvalue weighted by Crippen LogP contribution is -2.18. The number of carbonyl (C=O) groups excluding carboxylic acids is 3. The summed E-state index contributed by atoms with van der Waals surface area (Å²) >= 11 is 0. The summed E-state index contributed by atoms with van der Waals surface area (Å²) in [7, 11) is 0. The van der Waals surface area contributed by atoms with Gasteiger partial charge in [-0.25, -0.2) is 4.98 Å². The minimum atomic E-state index is -1.01. The summed E-state index contributed by atoms with van der Waals surface area (Å²) in [5, 5.41) is 14.9. The van der Waals surface area contributed by atoms with Crippen LogP contribution < -0.4 is 5.32 Å². The highest BCUT2D eigenvalue weighted by atomic mass is 16.3. The van der Waals surface area contributed by atoms with Gasteiger partial charge in [-0.15, -0.1) is 0 Å². The van der Waals surface area contributed by atoms with Crippen LogP contribution in [-0.2, 0) is 27.5 Å². The van der Waals surface area contributed by atoms with Gasteiger partial charge in [0.15, 0.2) is 11.6 Å². The molecule has 1 aliphatic carbocycles. The monoisotopic (exact) mass is 604 g/mol. The first kappa shape index (κ1) is 32.1. The van der Waals surface area contributed by atoms with Crippen LogP contribution >= 0.6 is 0 Å². The zero-order valence-electron chi connectivity index (χ0n) is 27.9. The predicted octanol–water partition coefficient (Wildman–Crippen LogP) is 8.57. The topological polar surface area (TPSA) is 96.4 Å². The first-order valence-electron chi connectivity index (χ1n) is 15.7. The second-order valence-electron chi connectivity index (χ2n) is 15.4. The van der Waals surface area contributed by atoms with Gasteiger partial charge in [0.05, 0.1) is 16.9 Å². The minimum Gasteiger partial charge on any atom is -0.507 e. The van der Waals surface area contributed by atoms with E-state index in [1.165, 1.54) is 0 Å². The molecule has 1 heterocycles. The number of hydrogen-bond donors (Lipinski definition) is 2. The van der Waals surface area contributed by atoms with Gasteiger partial charge < -0.3 is 10.4 Å². The molecule has 1 amide bonds. The molecule has 6 nitrogen and oxygen atoms in total. The molecule has 2 N–H and O–H groups in total. The number of benzene rings is 3. The highest BCUT2D eigenvalue weighted by Gasteiger charge is 2.41. The molecule has 0 bridgehead atoms. The molecule has 1 aromatic heterocycles. The fourth-order valence-corrected chi connectivity index (χ4v) is 6.00. The quantitative estimate of drug-likeness (QED) is 0.223. The van der Waals surface area contributed by atoms with Crippen LogP contribution in [-0.4, -0.2) is 27.6 Å². The molecule has 0 fully saturated rings. The second kappa shape index (κ2) is 11.2. The van der Waals surface area contributed by atoms with Crippen molar-refractivity contribution in [2.45, 2.75) is 97.3 Å². The van der Waals surface area contributed by atoms with Crippen molar-refractivity contribution in [3.8, 4) is 5.75 Å². The van der Waals surface area contributed by atoms with Crippen LogP contribution in [0.25, 0.3) is 10.9 Å². The lowest BCUT2D eigenvalue weighted by molar-refractivity contribution is -0.116. The molecule has 0 aliphatic heterocycles. The van der Waals surface area contributed by atoms with E-state index in [1.807, 2.05) is 42.5 Å². The number of nitrogens with one attached hydrogen (secondary N) is 1. The Kier molecular flexibility index (Phi) is 8.01. The first-order valence-corrected chi connectivity index (χ1v) is 15.7. The maximum absolute atomic E-state index is 13.6. The predicted molar refractivity (Wildman–Crippen MR) is 181 cm³/mol. The number of nitrogens with zero attached hydrogens (tertiary/aromatic N) is 1. The average Bonchev–Trinajstić information content (AvgIpc) is 3.19. The van der Waals surface area contributed by atoms with Crippen molar-refractivity contribution in [2.24, 2.45) is 0 Å². The molecule has 45 heavy (non-hydrogen) atoms. The van der Waals surface area contributed by atoms with E-state index in [4.69, 9.17) is 4.98 Å². The average molecular weight is 605 g/mol. The van der Waals surface area contributed by atoms with Crippen molar-refractivity contribution < 1.29 is 19.5 Å². The van der Waals surface area contributed by atoms with Crippen LogP contribution in [0.3, 0.4) is 0 Å². The first-order chi connectivity index (χ1) is 20.9. The van der Waals surface area contributed by atoms with Gasteiger partial charge in [0.2, 0.25) is 5.91 Å². The summed E-state index contributed by atoms with van der Waals surface area (Å²) in [6.07, 6.45) is 0.737. The van der Waals surface area contributed by atoms with Crippen LogP contribution in [0, 0.1) is 0 Å². The van der Waals surface area contributed by atoms with Crippen LogP contribution in [0.5, 0.6) is 5.75 Å². The van der Waals surface area contributed by atoms with Crippen molar-refractivity contribution in [2.75, 3.05) is 5.32 Å². The largest absolute Gasteiger partial charge is 0.507 e. The Bertz CT molecular complexity index is 1810. The lowest BCUT2D eigenvalue weighted by Gasteiger charge is -2.28. The number of aryl methyl sites for hydroxylation is 1. The van der Waals surface area contributed by atoms with Gasteiger partial charge >= 0.3 is 0 Å². The minimum absolute atomic E-state index is 0.156. The molecule has 5 rings (SSSR count). The number of amides is 1. The van der Waals surface area contributed by atoms with Gasteiger partial charge in [-0.2, -0.15) is 0 Å². The number of ketones is 2. The number of rotatable bonds is 5. The number of pyridine rings is 1. The Morgan fingerprint density at radius 2 is 1.40 bits per heavy atom. The number of hydrogen-bond acceptors (Lipinski definition) is 5. The van der Waals surface area contributed by atoms with Crippen LogP contribution in [0.4, 0.5) is 5.69 Å². The summed E-state index contributed by atoms with van der Waals surface area (Å²) in [5.74, 6) is -1.35. The van der Waals surface area contributed by atoms with E-state index in [0.29, 0.717) is 40.2 Å². The highest BCUT2D eigenvalue weighted by molar-refractivity contribution is 6.29. The summed E-state index contributed by atoms with van der Waals surface area (Å²) in [5.41, 5.74) is 5.36. The Labute approximate surface area is 266 Å². The normalized spacial score (nSPS) is 15.4. The molecular weight excluding hydrogens is 560 g/mol. The lowest BCUT2D eigenvalue weighted by atomic mass is 9.78. The van der Waals surface area contributed by atoms with E-state index in [1.54, 1.807) is 18.2 Å². The van der Waals surface area contributed by atoms with Crippen molar-refractivity contribution in [1.82, 2.24) is 4.98 Å². The number of fused-ring (bicyclic) bond motifs is 2. The second-order valence-corrected chi connectivity index (χ2v) is 15.4. The van der Waals surface area contributed by atoms with E-state index in [2.05, 4.69) is 67.6 Å². The third-order valence-corrected chi connectivity index (χ3v) is 8.68. The van der Waals surface area contributed by atoms with Crippen LogP contribution in [0.15, 0.2) is 60.7 Å². The fourth-order valence-electron chi connectivity index (χ4n) is 6.00.